The molecule has 0 radical (unpaired) electrons. The van der Waals surface area contributed by atoms with Gasteiger partial charge in [0.2, 0.25) is 5.91 Å². The maximum Gasteiger partial charge on any atom is 0.323 e. The highest BCUT2D eigenvalue weighted by atomic mass is 16.5. The zero-order chi connectivity index (χ0) is 22.2. The van der Waals surface area contributed by atoms with Crippen molar-refractivity contribution >= 4 is 23.5 Å². The van der Waals surface area contributed by atoms with Gasteiger partial charge in [0.05, 0.1) is 12.3 Å². The van der Waals surface area contributed by atoms with Crippen molar-refractivity contribution in [2.24, 2.45) is 5.92 Å². The van der Waals surface area contributed by atoms with Crippen molar-refractivity contribution in [1.29, 1.82) is 0 Å². The van der Waals surface area contributed by atoms with Crippen LogP contribution in [0.25, 0.3) is 0 Å². The molecule has 2 atom stereocenters. The molecular weight excluding hydrogens is 400 g/mol. The van der Waals surface area contributed by atoms with Gasteiger partial charge in [0.15, 0.2) is 0 Å². The Hall–Kier alpha value is -2.61. The fourth-order valence-electron chi connectivity index (χ4n) is 4.40. The van der Waals surface area contributed by atoms with Gasteiger partial charge in [-0.2, -0.15) is 0 Å². The monoisotopic (exact) mass is 432 g/mol. The molecule has 8 heteroatoms. The van der Waals surface area contributed by atoms with Gasteiger partial charge in [-0.15, -0.1) is 0 Å². The van der Waals surface area contributed by atoms with Crippen LogP contribution in [0.4, 0.5) is 5.69 Å². The fraction of sp³-hybridized carbons (Fsp3) is 0.609. The van der Waals surface area contributed by atoms with E-state index in [1.165, 1.54) is 37.0 Å². The number of para-hydroxylation sites is 2. The standard InChI is InChI=1S/C23H32N2O6/c1-2-30-23(29)17(13-12-16-8-4-3-5-9-16)24-18-15-31-20-11-7-6-10-19(20)25(22(18)28)14-21(26)27/h6-7,10-11,16-18,24H,2-5,8-9,12-15H2,1H3,(H,26,27)/t17-,18+/m1/s1. The minimum atomic E-state index is -1.12. The topological polar surface area (TPSA) is 105 Å². The second-order valence-electron chi connectivity index (χ2n) is 8.20. The van der Waals surface area contributed by atoms with E-state index in [1.807, 2.05) is 0 Å². The van der Waals surface area contributed by atoms with Crippen LogP contribution in [-0.4, -0.2) is 54.8 Å². The number of ether oxygens (including phenoxy) is 2. The van der Waals surface area contributed by atoms with Crippen molar-refractivity contribution in [2.45, 2.75) is 64.0 Å². The molecule has 3 rings (SSSR count). The number of hydrogen-bond donors (Lipinski definition) is 2. The number of nitrogens with zero attached hydrogens (tertiary/aromatic N) is 1. The molecule has 0 bridgehead atoms. The van der Waals surface area contributed by atoms with Crippen LogP contribution in [0.5, 0.6) is 5.75 Å². The predicted molar refractivity (Wildman–Crippen MR) is 115 cm³/mol. The summed E-state index contributed by atoms with van der Waals surface area (Å²) in [5.74, 6) is -0.919. The van der Waals surface area contributed by atoms with Crippen LogP contribution in [0.15, 0.2) is 24.3 Å². The largest absolute Gasteiger partial charge is 0.489 e. The van der Waals surface area contributed by atoms with E-state index < -0.39 is 36.5 Å². The Labute approximate surface area is 182 Å². The molecule has 1 aliphatic heterocycles. The molecule has 2 aliphatic rings. The van der Waals surface area contributed by atoms with Crippen LogP contribution in [0, 0.1) is 5.92 Å². The number of rotatable bonds is 9. The average molecular weight is 433 g/mol. The molecule has 170 valence electrons. The number of amides is 1. The van der Waals surface area contributed by atoms with Gasteiger partial charge < -0.3 is 14.6 Å². The summed E-state index contributed by atoms with van der Waals surface area (Å²) in [6, 6.07) is 5.35. The van der Waals surface area contributed by atoms with Gasteiger partial charge in [-0.1, -0.05) is 44.2 Å². The average Bonchev–Trinajstić information content (AvgIpc) is 2.89. The number of aliphatic carboxylic acids is 1. The Morgan fingerprint density at radius 1 is 1.26 bits per heavy atom. The lowest BCUT2D eigenvalue weighted by atomic mass is 9.85. The molecule has 0 spiro atoms. The van der Waals surface area contributed by atoms with E-state index in [0.29, 0.717) is 23.8 Å². The zero-order valence-corrected chi connectivity index (χ0v) is 18.0. The summed E-state index contributed by atoms with van der Waals surface area (Å²) in [7, 11) is 0. The maximum atomic E-state index is 13.2. The summed E-state index contributed by atoms with van der Waals surface area (Å²) >= 11 is 0. The number of nitrogens with one attached hydrogen (secondary N) is 1. The molecule has 1 aliphatic carbocycles. The van der Waals surface area contributed by atoms with Crippen molar-refractivity contribution in [3.05, 3.63) is 24.3 Å². The molecule has 1 aromatic rings. The number of carbonyl (C=O) groups is 3. The lowest BCUT2D eigenvalue weighted by molar-refractivity contribution is -0.146. The number of benzene rings is 1. The Kier molecular flexibility index (Phi) is 8.28. The number of hydrogen-bond acceptors (Lipinski definition) is 6. The highest BCUT2D eigenvalue weighted by Crippen LogP contribution is 2.31. The van der Waals surface area contributed by atoms with Gasteiger partial charge in [-0.3, -0.25) is 24.6 Å². The van der Waals surface area contributed by atoms with Crippen LogP contribution >= 0.6 is 0 Å². The van der Waals surface area contributed by atoms with Gasteiger partial charge in [0.25, 0.3) is 0 Å². The first-order valence-corrected chi connectivity index (χ1v) is 11.2. The number of carboxylic acid groups (broad SMARTS) is 1. The molecule has 31 heavy (non-hydrogen) atoms. The van der Waals surface area contributed by atoms with E-state index in [-0.39, 0.29) is 13.2 Å². The molecule has 0 unspecified atom stereocenters. The number of carboxylic acids is 1. The Morgan fingerprint density at radius 2 is 2.00 bits per heavy atom. The van der Waals surface area contributed by atoms with E-state index in [4.69, 9.17) is 9.47 Å². The Morgan fingerprint density at radius 3 is 2.71 bits per heavy atom. The van der Waals surface area contributed by atoms with Crippen molar-refractivity contribution < 1.29 is 29.0 Å². The highest BCUT2D eigenvalue weighted by Gasteiger charge is 2.35. The summed E-state index contributed by atoms with van der Waals surface area (Å²) in [6.07, 6.45) is 7.50. The Balaban J connectivity index is 1.74. The Bertz CT molecular complexity index is 777. The van der Waals surface area contributed by atoms with E-state index in [9.17, 15) is 19.5 Å². The third kappa shape index (κ3) is 6.19. The van der Waals surface area contributed by atoms with Crippen molar-refractivity contribution in [3.63, 3.8) is 0 Å². The first-order chi connectivity index (χ1) is 15.0. The minimum Gasteiger partial charge on any atom is -0.489 e. The second-order valence-corrected chi connectivity index (χ2v) is 8.20. The molecule has 2 N–H and O–H groups in total. The smallest absolute Gasteiger partial charge is 0.323 e. The lowest BCUT2D eigenvalue weighted by Crippen LogP contribution is -2.54. The first kappa shape index (κ1) is 23.1. The van der Waals surface area contributed by atoms with Gasteiger partial charge >= 0.3 is 11.9 Å². The van der Waals surface area contributed by atoms with Crippen molar-refractivity contribution in [2.75, 3.05) is 24.7 Å². The third-order valence-corrected chi connectivity index (χ3v) is 5.98. The fourth-order valence-corrected chi connectivity index (χ4v) is 4.40. The lowest BCUT2D eigenvalue weighted by Gasteiger charge is -2.27. The van der Waals surface area contributed by atoms with E-state index in [2.05, 4.69) is 5.32 Å². The quantitative estimate of drug-likeness (QED) is 0.578. The molecule has 1 fully saturated rings. The first-order valence-electron chi connectivity index (χ1n) is 11.2. The molecule has 1 heterocycles. The van der Waals surface area contributed by atoms with Gasteiger partial charge in [-0.25, -0.2) is 0 Å². The van der Waals surface area contributed by atoms with Crippen LogP contribution in [0.1, 0.15) is 51.9 Å². The van der Waals surface area contributed by atoms with Crippen molar-refractivity contribution in [1.82, 2.24) is 5.32 Å². The summed E-state index contributed by atoms with van der Waals surface area (Å²) in [5.41, 5.74) is 0.411. The molecule has 1 amide bonds. The summed E-state index contributed by atoms with van der Waals surface area (Å²) in [4.78, 5) is 38.5. The maximum absolute atomic E-state index is 13.2. The molecule has 8 nitrogen and oxygen atoms in total. The number of esters is 1. The predicted octanol–water partition coefficient (Wildman–Crippen LogP) is 2.75. The molecule has 0 saturated heterocycles. The van der Waals surface area contributed by atoms with Crippen LogP contribution in [0.2, 0.25) is 0 Å². The van der Waals surface area contributed by atoms with Crippen LogP contribution in [-0.2, 0) is 19.1 Å². The van der Waals surface area contributed by atoms with E-state index in [0.717, 1.165) is 6.42 Å². The number of carbonyl (C=O) groups excluding carboxylic acids is 2. The molecule has 0 aromatic heterocycles. The van der Waals surface area contributed by atoms with Crippen molar-refractivity contribution in [3.8, 4) is 5.75 Å². The summed E-state index contributed by atoms with van der Waals surface area (Å²) in [6.45, 7) is 1.53. The number of anilines is 1. The van der Waals surface area contributed by atoms with Gasteiger partial charge in [-0.05, 0) is 37.8 Å². The normalized spacial score (nSPS) is 20.4. The van der Waals surface area contributed by atoms with E-state index >= 15 is 0 Å². The SMILES string of the molecule is CCOC(=O)[C@@H](CCC1CCCCC1)N[C@H]1COc2ccccc2N(CC(=O)O)C1=O. The van der Waals surface area contributed by atoms with Crippen LogP contribution < -0.4 is 15.0 Å². The van der Waals surface area contributed by atoms with Crippen LogP contribution in [0.3, 0.4) is 0 Å². The highest BCUT2D eigenvalue weighted by molar-refractivity contribution is 6.02. The third-order valence-electron chi connectivity index (χ3n) is 5.98. The molecule has 1 saturated carbocycles. The zero-order valence-electron chi connectivity index (χ0n) is 18.0. The van der Waals surface area contributed by atoms with Gasteiger partial charge in [0.1, 0.15) is 31.0 Å². The summed E-state index contributed by atoms with van der Waals surface area (Å²) < 4.78 is 11.1. The van der Waals surface area contributed by atoms with E-state index in [1.54, 1.807) is 31.2 Å². The minimum absolute atomic E-state index is 0.00526. The van der Waals surface area contributed by atoms with Gasteiger partial charge in [0, 0.05) is 0 Å². The molecule has 1 aromatic carbocycles. The second kappa shape index (κ2) is 11.1. The summed E-state index contributed by atoms with van der Waals surface area (Å²) in [5, 5.41) is 12.5. The molecular formula is C23H32N2O6. The number of fused-ring (bicyclic) bond motifs is 1.